The summed E-state index contributed by atoms with van der Waals surface area (Å²) in [6.45, 7) is 6.97. The Balaban J connectivity index is 1.44. The van der Waals surface area contributed by atoms with E-state index >= 15 is 0 Å². The Bertz CT molecular complexity index is 872. The largest absolute Gasteiger partial charge is 0.381 e. The smallest absolute Gasteiger partial charge is 0.226 e. The van der Waals surface area contributed by atoms with Gasteiger partial charge in [0.15, 0.2) is 0 Å². The number of benzene rings is 1. The Morgan fingerprint density at radius 1 is 1.32 bits per heavy atom. The highest BCUT2D eigenvalue weighted by Gasteiger charge is 2.40. The maximum absolute atomic E-state index is 13.4. The molecule has 2 saturated heterocycles. The average Bonchev–Trinajstić information content (AvgIpc) is 3.19. The van der Waals surface area contributed by atoms with E-state index in [1.807, 2.05) is 13.1 Å². The Kier molecular flexibility index (Phi) is 7.08. The number of aromatic nitrogens is 2. The lowest BCUT2D eigenvalue weighted by molar-refractivity contribution is -0.136. The van der Waals surface area contributed by atoms with Gasteiger partial charge in [-0.3, -0.25) is 4.79 Å². The zero-order chi connectivity index (χ0) is 21.7. The average molecular weight is 425 g/mol. The number of hydrogen-bond acceptors (Lipinski definition) is 4. The Labute approximate surface area is 186 Å². The molecule has 1 atom stereocenters. The monoisotopic (exact) mass is 424 g/mol. The number of likely N-dealkylation sites (tertiary alicyclic amines) is 1. The van der Waals surface area contributed by atoms with Crippen molar-refractivity contribution < 1.29 is 9.53 Å². The molecule has 1 amide bonds. The van der Waals surface area contributed by atoms with Crippen LogP contribution >= 0.6 is 0 Å². The van der Waals surface area contributed by atoms with E-state index in [2.05, 4.69) is 51.1 Å². The van der Waals surface area contributed by atoms with Gasteiger partial charge < -0.3 is 19.5 Å². The number of ether oxygens (including phenoxy) is 1. The number of nitrogens with one attached hydrogen (secondary N) is 1. The van der Waals surface area contributed by atoms with Crippen LogP contribution in [0.1, 0.15) is 48.6 Å². The van der Waals surface area contributed by atoms with Crippen LogP contribution in [0.5, 0.6) is 0 Å². The first kappa shape index (κ1) is 22.0. The minimum absolute atomic E-state index is 0.163. The molecule has 1 aromatic carbocycles. The van der Waals surface area contributed by atoms with Crippen LogP contribution in [0, 0.1) is 12.3 Å². The van der Waals surface area contributed by atoms with Gasteiger partial charge in [-0.1, -0.05) is 24.3 Å². The molecule has 0 unspecified atom stereocenters. The van der Waals surface area contributed by atoms with Crippen LogP contribution in [0.25, 0.3) is 0 Å². The van der Waals surface area contributed by atoms with Gasteiger partial charge in [0.05, 0.1) is 5.41 Å². The van der Waals surface area contributed by atoms with Crippen molar-refractivity contribution in [2.45, 2.75) is 51.5 Å². The Hall–Kier alpha value is -2.18. The van der Waals surface area contributed by atoms with Gasteiger partial charge >= 0.3 is 0 Å². The summed E-state index contributed by atoms with van der Waals surface area (Å²) in [4.78, 5) is 20.1. The predicted molar refractivity (Wildman–Crippen MR) is 122 cm³/mol. The van der Waals surface area contributed by atoms with Crippen molar-refractivity contribution in [2.75, 3.05) is 39.9 Å². The first-order chi connectivity index (χ1) is 15.1. The van der Waals surface area contributed by atoms with E-state index in [1.165, 1.54) is 30.5 Å². The van der Waals surface area contributed by atoms with E-state index in [0.29, 0.717) is 25.7 Å². The molecule has 1 N–H and O–H groups in total. The molecule has 2 fully saturated rings. The number of carbonyl (C=O) groups excluding carboxylic acids is 1. The third kappa shape index (κ3) is 5.36. The Morgan fingerprint density at radius 2 is 2.16 bits per heavy atom. The minimum atomic E-state index is -0.385. The normalized spacial score (nSPS) is 21.7. The number of amides is 1. The summed E-state index contributed by atoms with van der Waals surface area (Å²) in [6.07, 6.45) is 8.60. The molecular weight excluding hydrogens is 388 g/mol. The number of hydrogen-bond donors (Lipinski definition) is 1. The highest BCUT2D eigenvalue weighted by molar-refractivity contribution is 5.83. The summed E-state index contributed by atoms with van der Waals surface area (Å²) in [5, 5.41) is 3.21. The molecule has 4 rings (SSSR count). The number of imidazole rings is 1. The maximum atomic E-state index is 13.4. The van der Waals surface area contributed by atoms with Gasteiger partial charge in [-0.25, -0.2) is 4.98 Å². The van der Waals surface area contributed by atoms with Gasteiger partial charge in [0.25, 0.3) is 0 Å². The number of likely N-dealkylation sites (N-methyl/N-ethyl adjacent to an activating group) is 1. The fourth-order valence-corrected chi connectivity index (χ4v) is 5.15. The van der Waals surface area contributed by atoms with E-state index < -0.39 is 0 Å². The molecule has 1 aromatic heterocycles. The number of aryl methyl sites for hydroxylation is 1. The second kappa shape index (κ2) is 9.96. The fourth-order valence-electron chi connectivity index (χ4n) is 5.15. The summed E-state index contributed by atoms with van der Waals surface area (Å²) >= 11 is 0. The van der Waals surface area contributed by atoms with Gasteiger partial charge in [0.1, 0.15) is 5.82 Å². The number of carbonyl (C=O) groups is 1. The number of piperidine rings is 1. The summed E-state index contributed by atoms with van der Waals surface area (Å²) in [5.41, 5.74) is 2.31. The van der Waals surface area contributed by atoms with Crippen molar-refractivity contribution in [2.24, 2.45) is 5.41 Å². The molecule has 6 nitrogen and oxygen atoms in total. The minimum Gasteiger partial charge on any atom is -0.381 e. The second-order valence-corrected chi connectivity index (χ2v) is 9.34. The molecule has 6 heteroatoms. The highest BCUT2D eigenvalue weighted by atomic mass is 16.5. The molecule has 0 bridgehead atoms. The van der Waals surface area contributed by atoms with Crippen LogP contribution < -0.4 is 5.32 Å². The zero-order valence-corrected chi connectivity index (χ0v) is 19.0. The van der Waals surface area contributed by atoms with Crippen molar-refractivity contribution in [3.8, 4) is 0 Å². The molecule has 31 heavy (non-hydrogen) atoms. The number of nitrogens with zero attached hydrogens (tertiary/aromatic N) is 3. The number of rotatable bonds is 7. The SMILES string of the molecule is Cc1nccn1CCNC(=O)C1(Cc2cccc([C@H]3CCCN(C)C3)c2)CCOCC1. The molecule has 0 spiro atoms. The summed E-state index contributed by atoms with van der Waals surface area (Å²) < 4.78 is 7.70. The quantitative estimate of drug-likeness (QED) is 0.742. The van der Waals surface area contributed by atoms with Crippen LogP contribution in [-0.2, 0) is 22.5 Å². The van der Waals surface area contributed by atoms with Gasteiger partial charge in [-0.2, -0.15) is 0 Å². The first-order valence-electron chi connectivity index (χ1n) is 11.7. The molecule has 0 saturated carbocycles. The van der Waals surface area contributed by atoms with Crippen molar-refractivity contribution in [3.05, 3.63) is 53.6 Å². The predicted octanol–water partition coefficient (Wildman–Crippen LogP) is 3.16. The summed E-state index contributed by atoms with van der Waals surface area (Å²) in [5.74, 6) is 1.73. The van der Waals surface area contributed by atoms with Gasteiger partial charge in [0.2, 0.25) is 5.91 Å². The molecule has 168 valence electrons. The van der Waals surface area contributed by atoms with Crippen molar-refractivity contribution in [1.82, 2.24) is 19.8 Å². The van der Waals surface area contributed by atoms with Crippen molar-refractivity contribution in [3.63, 3.8) is 0 Å². The summed E-state index contributed by atoms with van der Waals surface area (Å²) in [7, 11) is 2.21. The maximum Gasteiger partial charge on any atom is 0.226 e. The summed E-state index contributed by atoms with van der Waals surface area (Å²) in [6, 6.07) is 8.97. The second-order valence-electron chi connectivity index (χ2n) is 9.34. The van der Waals surface area contributed by atoms with Crippen LogP contribution in [0.4, 0.5) is 0 Å². The standard InChI is InChI=1S/C25H36N4O2/c1-20-26-10-13-29(20)14-11-27-24(30)25(8-15-31-16-9-25)18-21-5-3-6-22(17-21)23-7-4-12-28(2)19-23/h3,5-6,10,13,17,23H,4,7-9,11-12,14-16,18-19H2,1-2H3,(H,27,30)/t23-/m0/s1. The molecule has 0 aliphatic carbocycles. The van der Waals surface area contributed by atoms with E-state index in [0.717, 1.165) is 38.2 Å². The lowest BCUT2D eigenvalue weighted by atomic mass is 9.74. The molecule has 2 aliphatic rings. The molecule has 0 radical (unpaired) electrons. The highest BCUT2D eigenvalue weighted by Crippen LogP contribution is 2.36. The van der Waals surface area contributed by atoms with E-state index in [4.69, 9.17) is 4.74 Å². The molecule has 2 aromatic rings. The van der Waals surface area contributed by atoms with Gasteiger partial charge in [-0.15, -0.1) is 0 Å². The molecular formula is C25H36N4O2. The van der Waals surface area contributed by atoms with Crippen LogP contribution in [0.2, 0.25) is 0 Å². The third-order valence-corrected chi connectivity index (χ3v) is 7.08. The van der Waals surface area contributed by atoms with Crippen LogP contribution in [-0.4, -0.2) is 60.3 Å². The van der Waals surface area contributed by atoms with Crippen molar-refractivity contribution >= 4 is 5.91 Å². The van der Waals surface area contributed by atoms with Gasteiger partial charge in [0, 0.05) is 45.2 Å². The first-order valence-corrected chi connectivity index (χ1v) is 11.7. The van der Waals surface area contributed by atoms with E-state index in [1.54, 1.807) is 6.20 Å². The van der Waals surface area contributed by atoms with Crippen LogP contribution in [0.3, 0.4) is 0 Å². The fraction of sp³-hybridized carbons (Fsp3) is 0.600. The van der Waals surface area contributed by atoms with E-state index in [9.17, 15) is 4.79 Å². The lowest BCUT2D eigenvalue weighted by Gasteiger charge is -2.36. The third-order valence-electron chi connectivity index (χ3n) is 7.08. The Morgan fingerprint density at radius 3 is 2.90 bits per heavy atom. The zero-order valence-electron chi connectivity index (χ0n) is 19.0. The topological polar surface area (TPSA) is 59.4 Å². The van der Waals surface area contributed by atoms with Crippen LogP contribution in [0.15, 0.2) is 36.7 Å². The molecule has 3 heterocycles. The lowest BCUT2D eigenvalue weighted by Crippen LogP contribution is -2.46. The van der Waals surface area contributed by atoms with Crippen molar-refractivity contribution in [1.29, 1.82) is 0 Å². The van der Waals surface area contributed by atoms with E-state index in [-0.39, 0.29) is 11.3 Å². The van der Waals surface area contributed by atoms with Gasteiger partial charge in [-0.05, 0) is 69.7 Å². The molecule has 2 aliphatic heterocycles.